The summed E-state index contributed by atoms with van der Waals surface area (Å²) in [5.41, 5.74) is 1.18. The molecule has 108 valence electrons. The molecule has 19 heavy (non-hydrogen) atoms. The van der Waals surface area contributed by atoms with Crippen molar-refractivity contribution in [1.82, 2.24) is 9.97 Å². The largest absolute Gasteiger partial charge is 0.373 e. The quantitative estimate of drug-likeness (QED) is 0.678. The van der Waals surface area contributed by atoms with Gasteiger partial charge in [-0.3, -0.25) is 0 Å². The highest BCUT2D eigenvalue weighted by Gasteiger charge is 2.13. The normalized spacial score (nSPS) is 10.8. The molecule has 1 aromatic heterocycles. The maximum absolute atomic E-state index is 4.38. The smallest absolute Gasteiger partial charge is 0.134 e. The molecule has 0 spiro atoms. The first-order chi connectivity index (χ1) is 9.20. The lowest BCUT2D eigenvalue weighted by molar-refractivity contribution is 0.745. The molecule has 4 nitrogen and oxygen atoms in total. The number of nitrogens with zero attached hydrogens (tertiary/aromatic N) is 2. The fourth-order valence-electron chi connectivity index (χ4n) is 2.04. The number of aromatic nitrogens is 2. The van der Waals surface area contributed by atoms with E-state index in [-0.39, 0.29) is 0 Å². The van der Waals surface area contributed by atoms with Gasteiger partial charge in [0.1, 0.15) is 18.0 Å². The lowest BCUT2D eigenvalue weighted by atomic mass is 10.0. The molecule has 0 unspecified atom stereocenters. The van der Waals surface area contributed by atoms with Gasteiger partial charge in [-0.25, -0.2) is 9.97 Å². The fourth-order valence-corrected chi connectivity index (χ4v) is 2.53. The minimum Gasteiger partial charge on any atom is -0.373 e. The number of nitrogens with one attached hydrogen (secondary N) is 2. The van der Waals surface area contributed by atoms with Crippen LogP contribution in [0.1, 0.15) is 44.6 Å². The number of thioether (sulfide) groups is 1. The summed E-state index contributed by atoms with van der Waals surface area (Å²) >= 11 is 1.92. The molecule has 0 radical (unpaired) electrons. The van der Waals surface area contributed by atoms with Gasteiger partial charge in [0.05, 0.1) is 0 Å². The van der Waals surface area contributed by atoms with Crippen LogP contribution >= 0.6 is 11.8 Å². The molecule has 1 heterocycles. The number of hydrogen-bond donors (Lipinski definition) is 2. The fraction of sp³-hybridized carbons (Fsp3) is 0.714. The third kappa shape index (κ3) is 5.27. The summed E-state index contributed by atoms with van der Waals surface area (Å²) in [6.45, 7) is 5.32. The average molecular weight is 282 g/mol. The topological polar surface area (TPSA) is 49.8 Å². The Morgan fingerprint density at radius 2 is 1.89 bits per heavy atom. The Balaban J connectivity index is 2.53. The summed E-state index contributed by atoms with van der Waals surface area (Å²) < 4.78 is 0. The average Bonchev–Trinajstić information content (AvgIpc) is 2.42. The highest BCUT2D eigenvalue weighted by atomic mass is 32.2. The van der Waals surface area contributed by atoms with Crippen molar-refractivity contribution in [1.29, 1.82) is 0 Å². The van der Waals surface area contributed by atoms with Gasteiger partial charge in [0.25, 0.3) is 0 Å². The van der Waals surface area contributed by atoms with Crippen LogP contribution in [-0.4, -0.2) is 35.6 Å². The van der Waals surface area contributed by atoms with E-state index >= 15 is 0 Å². The van der Waals surface area contributed by atoms with Crippen molar-refractivity contribution in [3.63, 3.8) is 0 Å². The molecule has 0 bridgehead atoms. The van der Waals surface area contributed by atoms with Crippen LogP contribution in [0.3, 0.4) is 0 Å². The van der Waals surface area contributed by atoms with Gasteiger partial charge in [0.15, 0.2) is 0 Å². The second-order valence-corrected chi connectivity index (χ2v) is 5.86. The van der Waals surface area contributed by atoms with Crippen LogP contribution < -0.4 is 10.6 Å². The van der Waals surface area contributed by atoms with Gasteiger partial charge >= 0.3 is 0 Å². The molecule has 0 amide bonds. The summed E-state index contributed by atoms with van der Waals surface area (Å²) in [7, 11) is 1.90. The van der Waals surface area contributed by atoms with Crippen LogP contribution in [0.5, 0.6) is 0 Å². The zero-order valence-corrected chi connectivity index (χ0v) is 13.3. The predicted octanol–water partition coefficient (Wildman–Crippen LogP) is 3.59. The number of unbranched alkanes of at least 4 members (excludes halogenated alkanes) is 2. The van der Waals surface area contributed by atoms with Gasteiger partial charge in [-0.2, -0.15) is 11.8 Å². The molecule has 5 heteroatoms. The molecule has 1 aromatic rings. The molecule has 0 aliphatic heterocycles. The van der Waals surface area contributed by atoms with Gasteiger partial charge in [-0.1, -0.05) is 20.3 Å². The van der Waals surface area contributed by atoms with Crippen LogP contribution in [0, 0.1) is 0 Å². The van der Waals surface area contributed by atoms with Crippen LogP contribution in [0.15, 0.2) is 6.33 Å². The first kappa shape index (κ1) is 16.1. The number of hydrogen-bond acceptors (Lipinski definition) is 5. The van der Waals surface area contributed by atoms with E-state index in [1.165, 1.54) is 30.6 Å². The van der Waals surface area contributed by atoms with Crippen LogP contribution in [-0.2, 0) is 0 Å². The van der Waals surface area contributed by atoms with Crippen molar-refractivity contribution < 1.29 is 0 Å². The zero-order chi connectivity index (χ0) is 14.1. The predicted molar refractivity (Wildman–Crippen MR) is 86.4 cm³/mol. The second kappa shape index (κ2) is 9.02. The van der Waals surface area contributed by atoms with Crippen LogP contribution in [0.2, 0.25) is 0 Å². The molecule has 0 saturated heterocycles. The van der Waals surface area contributed by atoms with Crippen molar-refractivity contribution in [2.75, 3.05) is 36.2 Å². The van der Waals surface area contributed by atoms with Gasteiger partial charge < -0.3 is 10.6 Å². The van der Waals surface area contributed by atoms with Crippen LogP contribution in [0.25, 0.3) is 0 Å². The van der Waals surface area contributed by atoms with Gasteiger partial charge in [0, 0.05) is 19.2 Å². The van der Waals surface area contributed by atoms with Crippen LogP contribution in [0.4, 0.5) is 11.6 Å². The summed E-state index contributed by atoms with van der Waals surface area (Å²) in [6, 6.07) is 0. The highest BCUT2D eigenvalue weighted by Crippen LogP contribution is 2.27. The molecule has 0 aliphatic carbocycles. The first-order valence-electron chi connectivity index (χ1n) is 6.96. The third-order valence-corrected chi connectivity index (χ3v) is 3.71. The minimum atomic E-state index is 0.405. The first-order valence-corrected chi connectivity index (χ1v) is 8.35. The molecule has 2 N–H and O–H groups in total. The van der Waals surface area contributed by atoms with Crippen molar-refractivity contribution in [2.24, 2.45) is 0 Å². The maximum Gasteiger partial charge on any atom is 0.134 e. The Hall–Kier alpha value is -0.970. The lowest BCUT2D eigenvalue weighted by Crippen LogP contribution is -2.10. The number of anilines is 2. The van der Waals surface area contributed by atoms with E-state index in [1.54, 1.807) is 6.33 Å². The van der Waals surface area contributed by atoms with Crippen molar-refractivity contribution >= 4 is 23.4 Å². The van der Waals surface area contributed by atoms with E-state index < -0.39 is 0 Å². The van der Waals surface area contributed by atoms with E-state index in [0.29, 0.717) is 5.92 Å². The Morgan fingerprint density at radius 1 is 1.16 bits per heavy atom. The van der Waals surface area contributed by atoms with E-state index in [0.717, 1.165) is 18.2 Å². The van der Waals surface area contributed by atoms with Crippen molar-refractivity contribution in [3.8, 4) is 0 Å². The third-order valence-electron chi connectivity index (χ3n) is 3.02. The molecule has 0 fully saturated rings. The Bertz CT molecular complexity index is 368. The molecule has 0 saturated carbocycles. The number of rotatable bonds is 9. The molecular formula is C14H26N4S. The molecule has 0 atom stereocenters. The van der Waals surface area contributed by atoms with E-state index in [4.69, 9.17) is 0 Å². The maximum atomic E-state index is 4.38. The van der Waals surface area contributed by atoms with Gasteiger partial charge in [0.2, 0.25) is 0 Å². The highest BCUT2D eigenvalue weighted by molar-refractivity contribution is 7.98. The van der Waals surface area contributed by atoms with E-state index in [9.17, 15) is 0 Å². The van der Waals surface area contributed by atoms with E-state index in [2.05, 4.69) is 40.7 Å². The summed E-state index contributed by atoms with van der Waals surface area (Å²) in [5.74, 6) is 3.56. The molecule has 0 aromatic carbocycles. The SMILES string of the molecule is CNc1ncnc(NCCCCCSC)c1C(C)C. The lowest BCUT2D eigenvalue weighted by Gasteiger charge is -2.16. The zero-order valence-electron chi connectivity index (χ0n) is 12.5. The minimum absolute atomic E-state index is 0.405. The van der Waals surface area contributed by atoms with Gasteiger partial charge in [-0.05, 0) is 30.8 Å². The van der Waals surface area contributed by atoms with E-state index in [1.807, 2.05) is 18.8 Å². The molecule has 0 aliphatic rings. The molecular weight excluding hydrogens is 256 g/mol. The van der Waals surface area contributed by atoms with Crippen molar-refractivity contribution in [3.05, 3.63) is 11.9 Å². The monoisotopic (exact) mass is 282 g/mol. The Kier molecular flexibility index (Phi) is 7.63. The van der Waals surface area contributed by atoms with Crippen molar-refractivity contribution in [2.45, 2.75) is 39.0 Å². The standard InChI is InChI=1S/C14H26N4S/c1-11(2)12-13(15-3)17-10-18-14(12)16-8-6-5-7-9-19-4/h10-11H,5-9H2,1-4H3,(H2,15,16,17,18). The summed E-state index contributed by atoms with van der Waals surface area (Å²) in [4.78, 5) is 8.66. The summed E-state index contributed by atoms with van der Waals surface area (Å²) in [6.07, 6.45) is 7.54. The second-order valence-electron chi connectivity index (χ2n) is 4.87. The summed E-state index contributed by atoms with van der Waals surface area (Å²) in [5, 5.41) is 6.59. The van der Waals surface area contributed by atoms with Gasteiger partial charge in [-0.15, -0.1) is 0 Å². The Labute approximate surface area is 121 Å². The Morgan fingerprint density at radius 3 is 2.53 bits per heavy atom. The molecule has 1 rings (SSSR count).